The number of anilines is 1. The molecule has 0 spiro atoms. The summed E-state index contributed by atoms with van der Waals surface area (Å²) in [4.78, 5) is 20.6. The van der Waals surface area contributed by atoms with E-state index < -0.39 is 5.91 Å². The third-order valence-corrected chi connectivity index (χ3v) is 4.03. The average molecular weight is 360 g/mol. The van der Waals surface area contributed by atoms with Gasteiger partial charge in [-0.2, -0.15) is 0 Å². The number of nitrogens with one attached hydrogen (secondary N) is 1. The number of amides is 1. The molecule has 0 bridgehead atoms. The topological polar surface area (TPSA) is 75.1 Å². The van der Waals surface area contributed by atoms with Gasteiger partial charge < -0.3 is 10.4 Å². The van der Waals surface area contributed by atoms with Crippen molar-refractivity contribution in [3.63, 3.8) is 0 Å². The molecule has 0 aliphatic rings. The lowest BCUT2D eigenvalue weighted by Crippen LogP contribution is -2.13. The van der Waals surface area contributed by atoms with Crippen molar-refractivity contribution in [2.75, 3.05) is 5.32 Å². The number of carbonyl (C=O) groups is 1. The minimum absolute atomic E-state index is 0.129. The Morgan fingerprint density at radius 2 is 1.75 bits per heavy atom. The van der Waals surface area contributed by atoms with Crippen LogP contribution in [0.5, 0.6) is 5.75 Å². The zero-order valence-corrected chi connectivity index (χ0v) is 13.7. The van der Waals surface area contributed by atoms with Crippen LogP contribution in [0.15, 0.2) is 54.9 Å². The van der Waals surface area contributed by atoms with E-state index in [0.29, 0.717) is 22.1 Å². The number of rotatable bonds is 3. The van der Waals surface area contributed by atoms with E-state index in [-0.39, 0.29) is 16.3 Å². The zero-order valence-electron chi connectivity index (χ0n) is 12.2. The van der Waals surface area contributed by atoms with Crippen LogP contribution in [0, 0.1) is 0 Å². The molecule has 2 N–H and O–H groups in total. The number of benzene rings is 2. The lowest BCUT2D eigenvalue weighted by molar-refractivity contribution is 0.102. The van der Waals surface area contributed by atoms with E-state index in [1.807, 2.05) is 0 Å². The molecular formula is C17H11Cl2N3O2. The standard InChI is InChI=1S/C17H11Cl2N3O2/c18-14-6-2-5-13(15(14)19)17(24)22-11-8-20-16(21-9-11)10-3-1-4-12(23)7-10/h1-9,23H,(H,22,24). The highest BCUT2D eigenvalue weighted by atomic mass is 35.5. The molecule has 0 fully saturated rings. The Labute approximate surface area is 147 Å². The molecule has 0 radical (unpaired) electrons. The third-order valence-electron chi connectivity index (χ3n) is 3.21. The number of nitrogens with zero attached hydrogens (tertiary/aromatic N) is 2. The second-order valence-corrected chi connectivity index (χ2v) is 5.69. The highest BCUT2D eigenvalue weighted by molar-refractivity contribution is 6.44. The molecule has 0 saturated carbocycles. The molecule has 1 heterocycles. The number of phenolic OH excluding ortho intramolecular Hbond substituents is 1. The lowest BCUT2D eigenvalue weighted by atomic mass is 10.2. The molecule has 0 atom stereocenters. The summed E-state index contributed by atoms with van der Waals surface area (Å²) in [5.41, 5.74) is 1.35. The third kappa shape index (κ3) is 3.48. The van der Waals surface area contributed by atoms with E-state index in [4.69, 9.17) is 23.2 Å². The van der Waals surface area contributed by atoms with Gasteiger partial charge in [-0.3, -0.25) is 4.79 Å². The molecule has 0 saturated heterocycles. The van der Waals surface area contributed by atoms with E-state index in [2.05, 4.69) is 15.3 Å². The molecule has 2 aromatic carbocycles. The summed E-state index contributed by atoms with van der Waals surface area (Å²) >= 11 is 11.9. The smallest absolute Gasteiger partial charge is 0.257 e. The zero-order chi connectivity index (χ0) is 17.1. The fraction of sp³-hybridized carbons (Fsp3) is 0. The minimum Gasteiger partial charge on any atom is -0.508 e. The fourth-order valence-corrected chi connectivity index (χ4v) is 2.45. The number of halogens is 2. The highest BCUT2D eigenvalue weighted by Gasteiger charge is 2.13. The molecule has 3 rings (SSSR count). The van der Waals surface area contributed by atoms with Crippen LogP contribution in [0.25, 0.3) is 11.4 Å². The van der Waals surface area contributed by atoms with Gasteiger partial charge in [0.25, 0.3) is 5.91 Å². The normalized spacial score (nSPS) is 10.4. The first kappa shape index (κ1) is 16.2. The molecule has 0 aliphatic carbocycles. The van der Waals surface area contributed by atoms with Gasteiger partial charge in [0, 0.05) is 5.56 Å². The molecule has 7 heteroatoms. The summed E-state index contributed by atoms with van der Waals surface area (Å²) in [6.07, 6.45) is 2.95. The molecule has 24 heavy (non-hydrogen) atoms. The second kappa shape index (κ2) is 6.86. The summed E-state index contributed by atoms with van der Waals surface area (Å²) in [6.45, 7) is 0. The first-order valence-corrected chi connectivity index (χ1v) is 7.67. The maximum Gasteiger partial charge on any atom is 0.257 e. The molecular weight excluding hydrogens is 349 g/mol. The molecule has 1 amide bonds. The number of hydrogen-bond donors (Lipinski definition) is 2. The van der Waals surface area contributed by atoms with Gasteiger partial charge >= 0.3 is 0 Å². The molecule has 5 nitrogen and oxygen atoms in total. The largest absolute Gasteiger partial charge is 0.508 e. The van der Waals surface area contributed by atoms with Crippen LogP contribution in [0.3, 0.4) is 0 Å². The van der Waals surface area contributed by atoms with Crippen LogP contribution in [0.2, 0.25) is 10.0 Å². The minimum atomic E-state index is -0.406. The summed E-state index contributed by atoms with van der Waals surface area (Å²) < 4.78 is 0. The van der Waals surface area contributed by atoms with Crippen LogP contribution >= 0.6 is 23.2 Å². The Balaban J connectivity index is 1.79. The summed E-state index contributed by atoms with van der Waals surface area (Å²) in [6, 6.07) is 11.4. The fourth-order valence-electron chi connectivity index (χ4n) is 2.06. The van der Waals surface area contributed by atoms with Crippen LogP contribution in [0.4, 0.5) is 5.69 Å². The first-order valence-electron chi connectivity index (χ1n) is 6.91. The number of carbonyl (C=O) groups excluding carboxylic acids is 1. The number of hydrogen-bond acceptors (Lipinski definition) is 4. The van der Waals surface area contributed by atoms with Gasteiger partial charge in [-0.1, -0.05) is 41.4 Å². The number of phenols is 1. The van der Waals surface area contributed by atoms with E-state index in [0.717, 1.165) is 0 Å². The van der Waals surface area contributed by atoms with Crippen molar-refractivity contribution in [2.45, 2.75) is 0 Å². The van der Waals surface area contributed by atoms with Gasteiger partial charge in [0.15, 0.2) is 5.82 Å². The Morgan fingerprint density at radius 3 is 2.46 bits per heavy atom. The van der Waals surface area contributed by atoms with Crippen molar-refractivity contribution in [1.29, 1.82) is 0 Å². The van der Waals surface area contributed by atoms with Gasteiger partial charge in [0.05, 0.1) is 33.7 Å². The van der Waals surface area contributed by atoms with Crippen molar-refractivity contribution >= 4 is 34.8 Å². The summed E-state index contributed by atoms with van der Waals surface area (Å²) in [7, 11) is 0. The van der Waals surface area contributed by atoms with Crippen molar-refractivity contribution in [3.05, 3.63) is 70.5 Å². The van der Waals surface area contributed by atoms with Crippen LogP contribution in [0.1, 0.15) is 10.4 Å². The van der Waals surface area contributed by atoms with E-state index in [1.165, 1.54) is 12.4 Å². The van der Waals surface area contributed by atoms with E-state index in [9.17, 15) is 9.90 Å². The molecule has 1 aromatic heterocycles. The Kier molecular flexibility index (Phi) is 4.64. The summed E-state index contributed by atoms with van der Waals surface area (Å²) in [5.74, 6) is 0.157. The molecule has 3 aromatic rings. The van der Waals surface area contributed by atoms with Crippen LogP contribution in [-0.2, 0) is 0 Å². The first-order chi connectivity index (χ1) is 11.5. The van der Waals surface area contributed by atoms with Crippen molar-refractivity contribution in [2.24, 2.45) is 0 Å². The number of aromatic nitrogens is 2. The molecule has 120 valence electrons. The van der Waals surface area contributed by atoms with Crippen molar-refractivity contribution in [1.82, 2.24) is 9.97 Å². The van der Waals surface area contributed by atoms with Crippen LogP contribution < -0.4 is 5.32 Å². The quantitative estimate of drug-likeness (QED) is 0.726. The monoisotopic (exact) mass is 359 g/mol. The summed E-state index contributed by atoms with van der Waals surface area (Å²) in [5, 5.41) is 12.6. The predicted octanol–water partition coefficient (Wildman–Crippen LogP) is 4.41. The van der Waals surface area contributed by atoms with Gasteiger partial charge in [0.1, 0.15) is 5.75 Å². The van der Waals surface area contributed by atoms with E-state index >= 15 is 0 Å². The van der Waals surface area contributed by atoms with Crippen molar-refractivity contribution < 1.29 is 9.90 Å². The molecule has 0 aliphatic heterocycles. The average Bonchev–Trinajstić information content (AvgIpc) is 2.58. The Morgan fingerprint density at radius 1 is 1.04 bits per heavy atom. The Hall–Kier alpha value is -2.63. The highest BCUT2D eigenvalue weighted by Crippen LogP contribution is 2.26. The van der Waals surface area contributed by atoms with Crippen LogP contribution in [-0.4, -0.2) is 21.0 Å². The van der Waals surface area contributed by atoms with Gasteiger partial charge in [-0.25, -0.2) is 9.97 Å². The predicted molar refractivity (Wildman–Crippen MR) is 93.5 cm³/mol. The SMILES string of the molecule is O=C(Nc1cnc(-c2cccc(O)c2)nc1)c1cccc(Cl)c1Cl. The van der Waals surface area contributed by atoms with E-state index in [1.54, 1.807) is 42.5 Å². The van der Waals surface area contributed by atoms with Gasteiger partial charge in [0.2, 0.25) is 0 Å². The molecule has 0 unspecified atom stereocenters. The lowest BCUT2D eigenvalue weighted by Gasteiger charge is -2.08. The van der Waals surface area contributed by atoms with Crippen molar-refractivity contribution in [3.8, 4) is 17.1 Å². The number of aromatic hydroxyl groups is 1. The second-order valence-electron chi connectivity index (χ2n) is 4.90. The maximum atomic E-state index is 12.2. The van der Waals surface area contributed by atoms with Gasteiger partial charge in [-0.05, 0) is 24.3 Å². The Bertz CT molecular complexity index is 899. The maximum absolute atomic E-state index is 12.2. The van der Waals surface area contributed by atoms with Gasteiger partial charge in [-0.15, -0.1) is 0 Å².